The van der Waals surface area contributed by atoms with Gasteiger partial charge in [0.1, 0.15) is 0 Å². The minimum Gasteiger partial charge on any atom is -0.332 e. The molecule has 0 aliphatic rings. The lowest BCUT2D eigenvalue weighted by Gasteiger charge is -2.16. The summed E-state index contributed by atoms with van der Waals surface area (Å²) in [5, 5.41) is 10.2. The van der Waals surface area contributed by atoms with E-state index in [1.165, 1.54) is 17.3 Å². The van der Waals surface area contributed by atoms with Gasteiger partial charge in [0.25, 0.3) is 0 Å². The third-order valence-electron chi connectivity index (χ3n) is 4.44. The number of benzene rings is 3. The lowest BCUT2D eigenvalue weighted by molar-refractivity contribution is -0.115. The molecule has 0 spiro atoms. The summed E-state index contributed by atoms with van der Waals surface area (Å²) in [5.74, 6) is -0.0512. The van der Waals surface area contributed by atoms with Crippen molar-refractivity contribution in [3.8, 4) is 0 Å². The molecule has 7 heteroatoms. The molecule has 0 radical (unpaired) electrons. The number of rotatable bonds is 7. The van der Waals surface area contributed by atoms with Crippen molar-refractivity contribution in [3.05, 3.63) is 83.4 Å². The summed E-state index contributed by atoms with van der Waals surface area (Å²) >= 11 is 13.0. The Bertz CT molecular complexity index is 1060. The first-order valence-corrected chi connectivity index (χ1v) is 11.6. The van der Waals surface area contributed by atoms with Crippen LogP contribution >= 0.6 is 35.6 Å². The molecule has 3 N–H and O–H groups in total. The zero-order chi connectivity index (χ0) is 22.2. The SMILES string of the molecule is CCC(Sc1cccc(NC(=S)Nc2ccc(C)cc2)c1)C(=O)Nc1cccc(Cl)c1. The van der Waals surface area contributed by atoms with Crippen LogP contribution in [0.1, 0.15) is 18.9 Å². The Hall–Kier alpha value is -2.54. The molecule has 160 valence electrons. The average Bonchev–Trinajstić information content (AvgIpc) is 2.74. The number of hydrogen-bond acceptors (Lipinski definition) is 3. The average molecular weight is 470 g/mol. The van der Waals surface area contributed by atoms with Gasteiger partial charge in [-0.05, 0) is 74.1 Å². The van der Waals surface area contributed by atoms with Crippen LogP contribution < -0.4 is 16.0 Å². The molecule has 1 unspecified atom stereocenters. The van der Waals surface area contributed by atoms with Gasteiger partial charge in [-0.2, -0.15) is 0 Å². The Labute approximate surface area is 197 Å². The molecule has 0 aromatic heterocycles. The fourth-order valence-corrected chi connectivity index (χ4v) is 4.29. The van der Waals surface area contributed by atoms with Crippen molar-refractivity contribution in [2.75, 3.05) is 16.0 Å². The molecule has 3 aromatic rings. The third-order valence-corrected chi connectivity index (χ3v) is 6.23. The Kier molecular flexibility index (Phi) is 8.35. The monoisotopic (exact) mass is 469 g/mol. The topological polar surface area (TPSA) is 53.2 Å². The lowest BCUT2D eigenvalue weighted by atomic mass is 10.2. The first-order chi connectivity index (χ1) is 14.9. The number of carbonyl (C=O) groups excluding carboxylic acids is 1. The van der Waals surface area contributed by atoms with E-state index >= 15 is 0 Å². The number of thioether (sulfide) groups is 1. The Balaban J connectivity index is 1.60. The largest absolute Gasteiger partial charge is 0.332 e. The number of aryl methyl sites for hydroxylation is 1. The molecule has 0 saturated heterocycles. The van der Waals surface area contributed by atoms with E-state index in [0.29, 0.717) is 22.2 Å². The summed E-state index contributed by atoms with van der Waals surface area (Å²) in [5.41, 5.74) is 3.68. The van der Waals surface area contributed by atoms with Gasteiger partial charge in [-0.3, -0.25) is 4.79 Å². The molecule has 1 atom stereocenters. The van der Waals surface area contributed by atoms with E-state index in [9.17, 15) is 4.79 Å². The van der Waals surface area contributed by atoms with E-state index in [1.54, 1.807) is 12.1 Å². The molecule has 0 saturated carbocycles. The molecule has 31 heavy (non-hydrogen) atoms. The van der Waals surface area contributed by atoms with Crippen LogP contribution in [0.15, 0.2) is 77.7 Å². The molecule has 0 bridgehead atoms. The van der Waals surface area contributed by atoms with Gasteiger partial charge < -0.3 is 16.0 Å². The van der Waals surface area contributed by atoms with Crippen LogP contribution in [-0.4, -0.2) is 16.3 Å². The second-order valence-electron chi connectivity index (χ2n) is 6.99. The maximum absolute atomic E-state index is 12.7. The van der Waals surface area contributed by atoms with E-state index in [-0.39, 0.29) is 11.2 Å². The van der Waals surface area contributed by atoms with E-state index in [1.807, 2.05) is 74.5 Å². The van der Waals surface area contributed by atoms with Gasteiger partial charge in [0.05, 0.1) is 5.25 Å². The standard InChI is InChI=1S/C24H24ClN3OS2/c1-3-22(23(29)26-19-7-4-6-17(25)14-19)31-21-9-5-8-20(15-21)28-24(30)27-18-12-10-16(2)11-13-18/h4-15,22H,3H2,1-2H3,(H,26,29)(H2,27,28,30). The van der Waals surface area contributed by atoms with Crippen LogP contribution in [0.2, 0.25) is 5.02 Å². The Morgan fingerprint density at radius 2 is 1.58 bits per heavy atom. The zero-order valence-electron chi connectivity index (χ0n) is 17.3. The molecular weight excluding hydrogens is 446 g/mol. The number of amides is 1. The third kappa shape index (κ3) is 7.28. The maximum Gasteiger partial charge on any atom is 0.237 e. The number of carbonyl (C=O) groups is 1. The van der Waals surface area contributed by atoms with Gasteiger partial charge in [0, 0.05) is 27.0 Å². The molecule has 0 aliphatic heterocycles. The van der Waals surface area contributed by atoms with Gasteiger partial charge in [0.2, 0.25) is 5.91 Å². The first-order valence-electron chi connectivity index (χ1n) is 9.91. The zero-order valence-corrected chi connectivity index (χ0v) is 19.7. The van der Waals surface area contributed by atoms with Gasteiger partial charge >= 0.3 is 0 Å². The molecule has 0 aliphatic carbocycles. The predicted octanol–water partition coefficient (Wildman–Crippen LogP) is 6.97. The highest BCUT2D eigenvalue weighted by molar-refractivity contribution is 8.00. The Morgan fingerprint density at radius 3 is 2.26 bits per heavy atom. The first kappa shape index (κ1) is 23.1. The van der Waals surface area contributed by atoms with Crippen molar-refractivity contribution in [1.82, 2.24) is 0 Å². The van der Waals surface area contributed by atoms with Crippen LogP contribution in [0.3, 0.4) is 0 Å². The van der Waals surface area contributed by atoms with Crippen LogP contribution in [0.4, 0.5) is 17.1 Å². The molecule has 1 amide bonds. The van der Waals surface area contributed by atoms with Crippen LogP contribution in [0, 0.1) is 6.92 Å². The normalized spacial score (nSPS) is 11.5. The van der Waals surface area contributed by atoms with Crippen molar-refractivity contribution >= 4 is 63.7 Å². The highest BCUT2D eigenvalue weighted by atomic mass is 35.5. The fourth-order valence-electron chi connectivity index (χ4n) is 2.85. The molecule has 0 heterocycles. The number of hydrogen-bond donors (Lipinski definition) is 3. The number of nitrogens with one attached hydrogen (secondary N) is 3. The molecular formula is C24H24ClN3OS2. The van der Waals surface area contributed by atoms with Crippen molar-refractivity contribution in [1.29, 1.82) is 0 Å². The highest BCUT2D eigenvalue weighted by Crippen LogP contribution is 2.29. The summed E-state index contributed by atoms with van der Waals surface area (Å²) in [6.07, 6.45) is 0.697. The van der Waals surface area contributed by atoms with Crippen LogP contribution in [0.5, 0.6) is 0 Å². The summed E-state index contributed by atoms with van der Waals surface area (Å²) in [6, 6.07) is 23.1. The Morgan fingerprint density at radius 1 is 0.935 bits per heavy atom. The smallest absolute Gasteiger partial charge is 0.237 e. The van der Waals surface area contributed by atoms with Crippen LogP contribution in [-0.2, 0) is 4.79 Å². The second kappa shape index (κ2) is 11.2. The van der Waals surface area contributed by atoms with Crippen molar-refractivity contribution in [2.24, 2.45) is 0 Å². The quantitative estimate of drug-likeness (QED) is 0.258. The summed E-state index contributed by atoms with van der Waals surface area (Å²) < 4.78 is 0. The fraction of sp³-hybridized carbons (Fsp3) is 0.167. The van der Waals surface area contributed by atoms with Crippen molar-refractivity contribution in [2.45, 2.75) is 30.4 Å². The van der Waals surface area contributed by atoms with Crippen molar-refractivity contribution < 1.29 is 4.79 Å². The second-order valence-corrected chi connectivity index (χ2v) is 9.11. The van der Waals surface area contributed by atoms with E-state index < -0.39 is 0 Å². The maximum atomic E-state index is 12.7. The summed E-state index contributed by atoms with van der Waals surface area (Å²) in [6.45, 7) is 4.04. The number of anilines is 3. The van der Waals surface area contributed by atoms with E-state index in [4.69, 9.17) is 23.8 Å². The number of halogens is 1. The molecule has 3 rings (SSSR count). The van der Waals surface area contributed by atoms with Crippen LogP contribution in [0.25, 0.3) is 0 Å². The summed E-state index contributed by atoms with van der Waals surface area (Å²) in [4.78, 5) is 13.7. The molecule has 0 fully saturated rings. The highest BCUT2D eigenvalue weighted by Gasteiger charge is 2.18. The van der Waals surface area contributed by atoms with E-state index in [2.05, 4.69) is 16.0 Å². The van der Waals surface area contributed by atoms with Gasteiger partial charge in [-0.1, -0.05) is 48.4 Å². The van der Waals surface area contributed by atoms with Gasteiger partial charge in [-0.25, -0.2) is 0 Å². The predicted molar refractivity (Wildman–Crippen MR) is 137 cm³/mol. The van der Waals surface area contributed by atoms with Crippen molar-refractivity contribution in [3.63, 3.8) is 0 Å². The summed E-state index contributed by atoms with van der Waals surface area (Å²) in [7, 11) is 0. The lowest BCUT2D eigenvalue weighted by Crippen LogP contribution is -2.24. The molecule has 4 nitrogen and oxygen atoms in total. The molecule has 3 aromatic carbocycles. The van der Waals surface area contributed by atoms with Gasteiger partial charge in [0.15, 0.2) is 5.11 Å². The minimum absolute atomic E-state index is 0.0512. The minimum atomic E-state index is -0.230. The number of thiocarbonyl (C=S) groups is 1. The van der Waals surface area contributed by atoms with E-state index in [0.717, 1.165) is 16.3 Å². The van der Waals surface area contributed by atoms with Gasteiger partial charge in [-0.15, -0.1) is 11.8 Å².